The van der Waals surface area contributed by atoms with E-state index in [4.69, 9.17) is 5.73 Å². The smallest absolute Gasteiger partial charge is 0.265 e. The number of nitrogens with zero attached hydrogens (tertiary/aromatic N) is 1. The maximum absolute atomic E-state index is 11.9. The van der Waals surface area contributed by atoms with Gasteiger partial charge in [-0.05, 0) is 20.0 Å². The Balaban J connectivity index is 2.92. The van der Waals surface area contributed by atoms with Gasteiger partial charge >= 0.3 is 0 Å². The van der Waals surface area contributed by atoms with Gasteiger partial charge in [-0.2, -0.15) is 0 Å². The zero-order valence-corrected chi connectivity index (χ0v) is 11.4. The monoisotopic (exact) mass is 274 g/mol. The predicted octanol–water partition coefficient (Wildman–Crippen LogP) is -0.990. The van der Waals surface area contributed by atoms with Crippen molar-refractivity contribution in [1.82, 2.24) is 14.6 Å². The van der Waals surface area contributed by atoms with Crippen LogP contribution in [0.3, 0.4) is 0 Å². The number of rotatable bonds is 6. The van der Waals surface area contributed by atoms with E-state index < -0.39 is 15.9 Å². The fourth-order valence-corrected chi connectivity index (χ4v) is 2.55. The summed E-state index contributed by atoms with van der Waals surface area (Å²) in [6.07, 6.45) is 1.35. The molecule has 1 atom stereocenters. The number of likely N-dealkylation sites (N-methyl/N-ethyl adjacent to an activating group) is 1. The normalized spacial score (nSPS) is 13.5. The summed E-state index contributed by atoms with van der Waals surface area (Å²) in [5.74, 6) is -0.664. The lowest BCUT2D eigenvalue weighted by Gasteiger charge is -2.10. The highest BCUT2D eigenvalue weighted by Gasteiger charge is 2.19. The summed E-state index contributed by atoms with van der Waals surface area (Å²) in [6, 6.07) is 1.27. The van der Waals surface area contributed by atoms with Crippen LogP contribution < -0.4 is 15.8 Å². The van der Waals surface area contributed by atoms with Gasteiger partial charge in [0, 0.05) is 25.8 Å². The van der Waals surface area contributed by atoms with Crippen molar-refractivity contribution < 1.29 is 13.2 Å². The van der Waals surface area contributed by atoms with Crippen molar-refractivity contribution in [3.05, 3.63) is 18.0 Å². The molecule has 1 rings (SSSR count). The van der Waals surface area contributed by atoms with Crippen LogP contribution in [0.15, 0.2) is 17.2 Å². The third-order valence-electron chi connectivity index (χ3n) is 2.61. The van der Waals surface area contributed by atoms with E-state index in [1.807, 2.05) is 6.92 Å². The van der Waals surface area contributed by atoms with Crippen LogP contribution in [0.25, 0.3) is 0 Å². The van der Waals surface area contributed by atoms with Crippen molar-refractivity contribution >= 4 is 15.9 Å². The Kier molecular flexibility index (Phi) is 4.49. The zero-order chi connectivity index (χ0) is 13.9. The molecule has 1 aromatic rings. The molecule has 0 fully saturated rings. The zero-order valence-electron chi connectivity index (χ0n) is 10.6. The molecule has 1 amide bonds. The minimum Gasteiger partial charge on any atom is -0.364 e. The standard InChI is InChI=1S/C10H18N4O3S/c1-7(12-2)5-13-18(16,17)8-4-9(10(11)15)14(3)6-8/h4,6-7,12-13H,5H2,1-3H3,(H2,11,15). The molecule has 0 aliphatic carbocycles. The molecule has 1 unspecified atom stereocenters. The third kappa shape index (κ3) is 3.31. The van der Waals surface area contributed by atoms with Gasteiger partial charge in [0.25, 0.3) is 5.91 Å². The van der Waals surface area contributed by atoms with Gasteiger partial charge in [-0.1, -0.05) is 0 Å². The van der Waals surface area contributed by atoms with Crippen molar-refractivity contribution in [3.8, 4) is 0 Å². The molecule has 0 aliphatic rings. The minimum atomic E-state index is -3.62. The van der Waals surface area contributed by atoms with Crippen molar-refractivity contribution in [2.75, 3.05) is 13.6 Å². The fraction of sp³-hybridized carbons (Fsp3) is 0.500. The van der Waals surface area contributed by atoms with Gasteiger partial charge in [0.05, 0.1) is 0 Å². The lowest BCUT2D eigenvalue weighted by atomic mass is 10.4. The topological polar surface area (TPSA) is 106 Å². The highest BCUT2D eigenvalue weighted by molar-refractivity contribution is 7.89. The second kappa shape index (κ2) is 5.51. The van der Waals surface area contributed by atoms with Crippen LogP contribution >= 0.6 is 0 Å². The Bertz CT molecular complexity index is 535. The second-order valence-corrected chi connectivity index (χ2v) is 5.84. The van der Waals surface area contributed by atoms with Gasteiger partial charge in [-0.3, -0.25) is 4.79 Å². The van der Waals surface area contributed by atoms with Gasteiger partial charge in [-0.25, -0.2) is 13.1 Å². The third-order valence-corrected chi connectivity index (χ3v) is 4.01. The predicted molar refractivity (Wildman–Crippen MR) is 67.6 cm³/mol. The lowest BCUT2D eigenvalue weighted by Crippen LogP contribution is -2.37. The van der Waals surface area contributed by atoms with Gasteiger partial charge < -0.3 is 15.6 Å². The molecule has 102 valence electrons. The average Bonchev–Trinajstić information content (AvgIpc) is 2.69. The molecule has 4 N–H and O–H groups in total. The van der Waals surface area contributed by atoms with Gasteiger partial charge in [0.1, 0.15) is 10.6 Å². The molecule has 1 aromatic heterocycles. The number of sulfonamides is 1. The number of nitrogens with two attached hydrogens (primary N) is 1. The molecule has 7 nitrogen and oxygen atoms in total. The molecule has 0 aromatic carbocycles. The molecule has 0 saturated heterocycles. The van der Waals surface area contributed by atoms with Crippen LogP contribution in [0.2, 0.25) is 0 Å². The first-order valence-corrected chi connectivity index (χ1v) is 6.89. The van der Waals surface area contributed by atoms with E-state index in [2.05, 4.69) is 10.0 Å². The van der Waals surface area contributed by atoms with Crippen molar-refractivity contribution in [3.63, 3.8) is 0 Å². The van der Waals surface area contributed by atoms with E-state index in [0.717, 1.165) is 0 Å². The van der Waals surface area contributed by atoms with E-state index in [-0.39, 0.29) is 23.2 Å². The molecule has 0 bridgehead atoms. The van der Waals surface area contributed by atoms with Gasteiger partial charge in [-0.15, -0.1) is 0 Å². The van der Waals surface area contributed by atoms with E-state index in [9.17, 15) is 13.2 Å². The summed E-state index contributed by atoms with van der Waals surface area (Å²) in [5.41, 5.74) is 5.28. The summed E-state index contributed by atoms with van der Waals surface area (Å²) < 4.78 is 27.7. The summed E-state index contributed by atoms with van der Waals surface area (Å²) >= 11 is 0. The van der Waals surface area contributed by atoms with Gasteiger partial charge in [0.15, 0.2) is 0 Å². The van der Waals surface area contributed by atoms with E-state index in [0.29, 0.717) is 0 Å². The maximum Gasteiger partial charge on any atom is 0.265 e. The van der Waals surface area contributed by atoms with Crippen LogP contribution in [-0.2, 0) is 17.1 Å². The molecular weight excluding hydrogens is 256 g/mol. The maximum atomic E-state index is 11.9. The Morgan fingerprint density at radius 2 is 2.17 bits per heavy atom. The molecular formula is C10H18N4O3S. The number of carbonyl (C=O) groups is 1. The number of aryl methyl sites for hydroxylation is 1. The molecule has 0 spiro atoms. The number of nitrogens with one attached hydrogen (secondary N) is 2. The highest BCUT2D eigenvalue weighted by Crippen LogP contribution is 2.12. The number of hydrogen-bond acceptors (Lipinski definition) is 4. The molecule has 0 saturated carbocycles. The Hall–Kier alpha value is -1.38. The highest BCUT2D eigenvalue weighted by atomic mass is 32.2. The molecule has 0 aliphatic heterocycles. The summed E-state index contributed by atoms with van der Waals surface area (Å²) in [7, 11) is -0.312. The van der Waals surface area contributed by atoms with E-state index >= 15 is 0 Å². The van der Waals surface area contributed by atoms with Crippen molar-refractivity contribution in [2.45, 2.75) is 17.9 Å². The van der Waals surface area contributed by atoms with Crippen LogP contribution in [-0.4, -0.2) is 38.5 Å². The number of amides is 1. The minimum absolute atomic E-state index is 0.0131. The average molecular weight is 274 g/mol. The first-order valence-electron chi connectivity index (χ1n) is 5.41. The van der Waals surface area contributed by atoms with E-state index in [1.54, 1.807) is 14.1 Å². The van der Waals surface area contributed by atoms with Crippen LogP contribution in [0.4, 0.5) is 0 Å². The first-order chi connectivity index (χ1) is 8.27. The SMILES string of the molecule is CNC(C)CNS(=O)(=O)c1cc(C(N)=O)n(C)c1. The number of primary amides is 1. The molecule has 0 radical (unpaired) electrons. The van der Waals surface area contributed by atoms with Crippen LogP contribution in [0, 0.1) is 0 Å². The molecule has 18 heavy (non-hydrogen) atoms. The largest absolute Gasteiger partial charge is 0.364 e. The van der Waals surface area contributed by atoms with Gasteiger partial charge in [0.2, 0.25) is 10.0 Å². The Morgan fingerprint density at radius 3 is 2.61 bits per heavy atom. The Labute approximate surface area is 106 Å². The molecule has 1 heterocycles. The second-order valence-electron chi connectivity index (χ2n) is 4.08. The number of carbonyl (C=O) groups excluding carboxylic acids is 1. The van der Waals surface area contributed by atoms with Crippen molar-refractivity contribution in [1.29, 1.82) is 0 Å². The first kappa shape index (κ1) is 14.7. The number of hydrogen-bond donors (Lipinski definition) is 3. The quantitative estimate of drug-likeness (QED) is 0.619. The summed E-state index contributed by atoms with van der Waals surface area (Å²) in [4.78, 5) is 11.1. The van der Waals surface area contributed by atoms with Crippen molar-refractivity contribution in [2.24, 2.45) is 12.8 Å². The summed E-state index contributed by atoms with van der Waals surface area (Å²) in [6.45, 7) is 2.11. The summed E-state index contributed by atoms with van der Waals surface area (Å²) in [5, 5.41) is 2.92. The fourth-order valence-electron chi connectivity index (χ4n) is 1.35. The van der Waals surface area contributed by atoms with Crippen LogP contribution in [0.5, 0.6) is 0 Å². The van der Waals surface area contributed by atoms with Crippen LogP contribution in [0.1, 0.15) is 17.4 Å². The van der Waals surface area contributed by atoms with E-state index in [1.165, 1.54) is 16.8 Å². The Morgan fingerprint density at radius 1 is 1.56 bits per heavy atom. The molecule has 8 heteroatoms. The number of aromatic nitrogens is 1. The lowest BCUT2D eigenvalue weighted by molar-refractivity contribution is 0.0992.